The normalized spacial score (nSPS) is 10.2. The van der Waals surface area contributed by atoms with Crippen LogP contribution in [0.5, 0.6) is 0 Å². The highest BCUT2D eigenvalue weighted by molar-refractivity contribution is 7.11. The van der Waals surface area contributed by atoms with Gasteiger partial charge in [0, 0.05) is 16.1 Å². The molecule has 0 aliphatic heterocycles. The number of aromatic nitrogens is 1. The number of rotatable bonds is 4. The van der Waals surface area contributed by atoms with E-state index in [9.17, 15) is 9.59 Å². The van der Waals surface area contributed by atoms with Crippen molar-refractivity contribution in [1.29, 1.82) is 0 Å². The van der Waals surface area contributed by atoms with Crippen LogP contribution in [0.2, 0.25) is 5.02 Å². The van der Waals surface area contributed by atoms with Gasteiger partial charge in [-0.05, 0) is 25.1 Å². The van der Waals surface area contributed by atoms with Gasteiger partial charge < -0.3 is 15.7 Å². The standard InChI is InChI=1S/C13H12ClN3O3S/c1-7-5-15-11(21-7)6-16-13(20)17-10-4-8(14)2-3-9(10)12(18)19/h2-5H,6H2,1H3,(H,18,19)(H2,16,17,20). The number of anilines is 1. The molecule has 21 heavy (non-hydrogen) atoms. The number of amides is 2. The van der Waals surface area contributed by atoms with Crippen LogP contribution in [0.25, 0.3) is 0 Å². The van der Waals surface area contributed by atoms with Crippen molar-refractivity contribution in [3.63, 3.8) is 0 Å². The summed E-state index contributed by atoms with van der Waals surface area (Å²) in [4.78, 5) is 28.0. The molecule has 0 radical (unpaired) electrons. The zero-order valence-corrected chi connectivity index (χ0v) is 12.6. The second-order valence-electron chi connectivity index (χ2n) is 4.17. The Hall–Kier alpha value is -2.12. The monoisotopic (exact) mass is 325 g/mol. The zero-order valence-electron chi connectivity index (χ0n) is 11.0. The van der Waals surface area contributed by atoms with E-state index < -0.39 is 12.0 Å². The molecule has 1 heterocycles. The van der Waals surface area contributed by atoms with E-state index in [1.807, 2.05) is 6.92 Å². The van der Waals surface area contributed by atoms with E-state index in [2.05, 4.69) is 15.6 Å². The number of hydrogen-bond donors (Lipinski definition) is 3. The summed E-state index contributed by atoms with van der Waals surface area (Å²) in [6, 6.07) is 3.65. The van der Waals surface area contributed by atoms with E-state index in [4.69, 9.17) is 16.7 Å². The number of nitrogens with zero attached hydrogens (tertiary/aromatic N) is 1. The molecule has 110 valence electrons. The Labute approximate surface area is 129 Å². The van der Waals surface area contributed by atoms with Crippen LogP contribution in [0.4, 0.5) is 10.5 Å². The van der Waals surface area contributed by atoms with Crippen molar-refractivity contribution in [2.24, 2.45) is 0 Å². The number of carbonyl (C=O) groups excluding carboxylic acids is 1. The van der Waals surface area contributed by atoms with Crippen molar-refractivity contribution < 1.29 is 14.7 Å². The number of hydrogen-bond acceptors (Lipinski definition) is 4. The predicted molar refractivity (Wildman–Crippen MR) is 81.1 cm³/mol. The Morgan fingerprint density at radius 3 is 2.81 bits per heavy atom. The molecule has 3 N–H and O–H groups in total. The predicted octanol–water partition coefficient (Wildman–Crippen LogP) is 3.12. The fourth-order valence-corrected chi connectivity index (χ4v) is 2.51. The number of urea groups is 1. The van der Waals surface area contributed by atoms with Gasteiger partial charge in [-0.1, -0.05) is 11.6 Å². The number of thiazole rings is 1. The minimum absolute atomic E-state index is 0.0281. The first-order valence-corrected chi connectivity index (χ1v) is 7.14. The Kier molecular flexibility index (Phi) is 4.77. The van der Waals surface area contributed by atoms with Gasteiger partial charge in [-0.2, -0.15) is 0 Å². The fourth-order valence-electron chi connectivity index (χ4n) is 1.61. The maximum Gasteiger partial charge on any atom is 0.337 e. The average Bonchev–Trinajstić information content (AvgIpc) is 2.82. The van der Waals surface area contributed by atoms with Crippen LogP contribution in [-0.4, -0.2) is 22.1 Å². The molecule has 0 saturated heterocycles. The van der Waals surface area contributed by atoms with Gasteiger partial charge in [0.05, 0.1) is 17.8 Å². The van der Waals surface area contributed by atoms with Crippen molar-refractivity contribution >= 4 is 40.6 Å². The number of aromatic carboxylic acids is 1. The highest BCUT2D eigenvalue weighted by Gasteiger charge is 2.13. The van der Waals surface area contributed by atoms with E-state index in [0.29, 0.717) is 5.02 Å². The van der Waals surface area contributed by atoms with Crippen LogP contribution >= 0.6 is 22.9 Å². The molecule has 0 aliphatic carbocycles. The van der Waals surface area contributed by atoms with Gasteiger partial charge in [0.25, 0.3) is 0 Å². The molecule has 6 nitrogen and oxygen atoms in total. The largest absolute Gasteiger partial charge is 0.478 e. The number of nitrogens with one attached hydrogen (secondary N) is 2. The lowest BCUT2D eigenvalue weighted by Gasteiger charge is -2.09. The Balaban J connectivity index is 2.02. The molecule has 0 bridgehead atoms. The summed E-state index contributed by atoms with van der Waals surface area (Å²) in [5, 5.41) is 15.2. The molecule has 1 aromatic carbocycles. The number of carboxylic acids is 1. The van der Waals surface area contributed by atoms with E-state index in [0.717, 1.165) is 9.88 Å². The minimum Gasteiger partial charge on any atom is -0.478 e. The highest BCUT2D eigenvalue weighted by atomic mass is 35.5. The van der Waals surface area contributed by atoms with E-state index >= 15 is 0 Å². The first-order valence-electron chi connectivity index (χ1n) is 5.94. The van der Waals surface area contributed by atoms with Gasteiger partial charge in [-0.25, -0.2) is 14.6 Å². The number of halogens is 1. The van der Waals surface area contributed by atoms with Gasteiger partial charge in [0.1, 0.15) is 5.01 Å². The van der Waals surface area contributed by atoms with E-state index in [-0.39, 0.29) is 17.8 Å². The fraction of sp³-hybridized carbons (Fsp3) is 0.154. The lowest BCUT2D eigenvalue weighted by Crippen LogP contribution is -2.28. The maximum atomic E-state index is 11.8. The van der Waals surface area contributed by atoms with Crippen molar-refractivity contribution in [3.05, 3.63) is 44.9 Å². The highest BCUT2D eigenvalue weighted by Crippen LogP contribution is 2.21. The second-order valence-corrected chi connectivity index (χ2v) is 5.92. The van der Waals surface area contributed by atoms with Gasteiger partial charge in [-0.3, -0.25) is 0 Å². The molecular weight excluding hydrogens is 314 g/mol. The minimum atomic E-state index is -1.14. The van der Waals surface area contributed by atoms with Crippen molar-refractivity contribution in [3.8, 4) is 0 Å². The van der Waals surface area contributed by atoms with Crippen molar-refractivity contribution in [2.45, 2.75) is 13.5 Å². The average molecular weight is 326 g/mol. The first kappa shape index (κ1) is 15.3. The summed E-state index contributed by atoms with van der Waals surface area (Å²) in [7, 11) is 0. The molecule has 0 fully saturated rings. The smallest absolute Gasteiger partial charge is 0.337 e. The van der Waals surface area contributed by atoms with Crippen LogP contribution in [0.15, 0.2) is 24.4 Å². The first-order chi connectivity index (χ1) is 9.95. The summed E-state index contributed by atoms with van der Waals surface area (Å²) in [5.74, 6) is -1.14. The number of carbonyl (C=O) groups is 2. The quantitative estimate of drug-likeness (QED) is 0.805. The number of carboxylic acid groups (broad SMARTS) is 1. The SMILES string of the molecule is Cc1cnc(CNC(=O)Nc2cc(Cl)ccc2C(=O)O)s1. The Bertz CT molecular complexity index is 687. The third kappa shape index (κ3) is 4.17. The summed E-state index contributed by atoms with van der Waals surface area (Å²) < 4.78 is 0. The molecule has 0 saturated carbocycles. The van der Waals surface area contributed by atoms with E-state index in [1.165, 1.54) is 29.5 Å². The van der Waals surface area contributed by atoms with Crippen LogP contribution in [0.3, 0.4) is 0 Å². The van der Waals surface area contributed by atoms with Crippen LogP contribution in [0.1, 0.15) is 20.2 Å². The summed E-state index contributed by atoms with van der Waals surface area (Å²) in [6.07, 6.45) is 1.72. The Morgan fingerprint density at radius 2 is 2.19 bits per heavy atom. The topological polar surface area (TPSA) is 91.3 Å². The van der Waals surface area contributed by atoms with Crippen LogP contribution in [0, 0.1) is 6.92 Å². The van der Waals surface area contributed by atoms with Crippen molar-refractivity contribution in [2.75, 3.05) is 5.32 Å². The van der Waals surface area contributed by atoms with Crippen LogP contribution < -0.4 is 10.6 Å². The Morgan fingerprint density at radius 1 is 1.43 bits per heavy atom. The van der Waals surface area contributed by atoms with E-state index in [1.54, 1.807) is 6.20 Å². The number of aryl methyl sites for hydroxylation is 1. The molecule has 2 aromatic rings. The molecule has 0 atom stereocenters. The zero-order chi connectivity index (χ0) is 15.4. The molecule has 0 unspecified atom stereocenters. The number of benzene rings is 1. The van der Waals surface area contributed by atoms with Crippen molar-refractivity contribution in [1.82, 2.24) is 10.3 Å². The summed E-state index contributed by atoms with van der Waals surface area (Å²) in [6.45, 7) is 2.19. The summed E-state index contributed by atoms with van der Waals surface area (Å²) in [5.41, 5.74) is 0.113. The lowest BCUT2D eigenvalue weighted by molar-refractivity contribution is 0.0698. The maximum absolute atomic E-state index is 11.8. The molecule has 0 aliphatic rings. The lowest BCUT2D eigenvalue weighted by atomic mass is 10.2. The van der Waals surface area contributed by atoms with Gasteiger partial charge in [-0.15, -0.1) is 11.3 Å². The van der Waals surface area contributed by atoms with Crippen LogP contribution in [-0.2, 0) is 6.54 Å². The summed E-state index contributed by atoms with van der Waals surface area (Å²) >= 11 is 7.29. The second kappa shape index (κ2) is 6.55. The van der Waals surface area contributed by atoms with Gasteiger partial charge in [0.15, 0.2) is 0 Å². The third-order valence-electron chi connectivity index (χ3n) is 2.53. The molecular formula is C13H12ClN3O3S. The van der Waals surface area contributed by atoms with Gasteiger partial charge >= 0.3 is 12.0 Å². The molecule has 0 spiro atoms. The third-order valence-corrected chi connectivity index (χ3v) is 3.68. The molecule has 8 heteroatoms. The molecule has 2 amide bonds. The molecule has 2 rings (SSSR count). The molecule has 1 aromatic heterocycles. The van der Waals surface area contributed by atoms with Gasteiger partial charge in [0.2, 0.25) is 0 Å².